The summed E-state index contributed by atoms with van der Waals surface area (Å²) in [5.74, 6) is 2.12. The Balaban J connectivity index is 1.51. The van der Waals surface area contributed by atoms with Gasteiger partial charge in [-0.2, -0.15) is 0 Å². The number of hydrogen-bond acceptors (Lipinski definition) is 6. The molecule has 1 N–H and O–H groups in total. The fourth-order valence-corrected chi connectivity index (χ4v) is 3.64. The first-order valence-electron chi connectivity index (χ1n) is 8.93. The summed E-state index contributed by atoms with van der Waals surface area (Å²) >= 11 is 0. The van der Waals surface area contributed by atoms with Crippen LogP contribution in [-0.4, -0.2) is 49.4 Å². The number of carbonyl (C=O) groups is 1. The minimum atomic E-state index is -0.0450. The van der Waals surface area contributed by atoms with Crippen LogP contribution in [0.1, 0.15) is 28.8 Å². The Kier molecular flexibility index (Phi) is 4.46. The van der Waals surface area contributed by atoms with E-state index in [0.29, 0.717) is 24.0 Å². The number of rotatable bonds is 4. The molecule has 0 aliphatic carbocycles. The van der Waals surface area contributed by atoms with Crippen LogP contribution in [0.3, 0.4) is 0 Å². The zero-order valence-corrected chi connectivity index (χ0v) is 15.1. The smallest absolute Gasteiger partial charge is 0.260 e. The maximum absolute atomic E-state index is 12.7. The lowest BCUT2D eigenvalue weighted by molar-refractivity contribution is 0.0995. The topological polar surface area (TPSA) is 70.6 Å². The number of benzene rings is 1. The lowest BCUT2D eigenvalue weighted by atomic mass is 10.1. The molecule has 0 bridgehead atoms. The summed E-state index contributed by atoms with van der Waals surface area (Å²) in [6.45, 7) is 2.55. The average molecular weight is 353 g/mol. The number of ether oxygens (including phenoxy) is 1. The molecule has 4 rings (SSSR count). The number of nitrogens with one attached hydrogen (secondary N) is 1. The second-order valence-electron chi connectivity index (χ2n) is 6.76. The van der Waals surface area contributed by atoms with Gasteiger partial charge in [-0.25, -0.2) is 0 Å². The molecule has 1 aromatic heterocycles. The van der Waals surface area contributed by atoms with E-state index in [4.69, 9.17) is 4.74 Å². The molecule has 0 radical (unpaired) electrons. The largest absolute Gasteiger partial charge is 0.497 e. The van der Waals surface area contributed by atoms with Crippen molar-refractivity contribution < 1.29 is 9.53 Å². The van der Waals surface area contributed by atoms with Crippen LogP contribution in [0.25, 0.3) is 0 Å². The highest BCUT2D eigenvalue weighted by molar-refractivity contribution is 6.09. The molecule has 0 saturated carbocycles. The van der Waals surface area contributed by atoms with Crippen LogP contribution in [-0.2, 0) is 6.54 Å². The lowest BCUT2D eigenvalue weighted by Crippen LogP contribution is -2.41. The molecule has 1 amide bonds. The van der Waals surface area contributed by atoms with Gasteiger partial charge in [0.1, 0.15) is 5.75 Å². The number of piperidine rings is 1. The van der Waals surface area contributed by atoms with Crippen molar-refractivity contribution in [2.75, 3.05) is 37.0 Å². The van der Waals surface area contributed by atoms with Crippen molar-refractivity contribution in [1.29, 1.82) is 0 Å². The maximum Gasteiger partial charge on any atom is 0.260 e. The molecule has 26 heavy (non-hydrogen) atoms. The fourth-order valence-electron chi connectivity index (χ4n) is 3.64. The molecule has 0 unspecified atom stereocenters. The van der Waals surface area contributed by atoms with Crippen LogP contribution in [0.4, 0.5) is 11.6 Å². The van der Waals surface area contributed by atoms with Crippen molar-refractivity contribution in [3.8, 4) is 5.75 Å². The van der Waals surface area contributed by atoms with Gasteiger partial charge < -0.3 is 15.0 Å². The zero-order valence-electron chi connectivity index (χ0n) is 15.1. The predicted molar refractivity (Wildman–Crippen MR) is 99.8 cm³/mol. The van der Waals surface area contributed by atoms with Crippen LogP contribution in [0, 0.1) is 0 Å². The summed E-state index contributed by atoms with van der Waals surface area (Å²) in [5, 5.41) is 12.1. The molecular formula is C19H23N5O2. The van der Waals surface area contributed by atoms with Crippen molar-refractivity contribution >= 4 is 17.5 Å². The van der Waals surface area contributed by atoms with E-state index in [0.717, 1.165) is 43.1 Å². The van der Waals surface area contributed by atoms with E-state index in [2.05, 4.69) is 27.5 Å². The second kappa shape index (κ2) is 6.92. The van der Waals surface area contributed by atoms with Gasteiger partial charge in [0.05, 0.1) is 13.7 Å². The lowest BCUT2D eigenvalue weighted by Gasteiger charge is -2.32. The van der Waals surface area contributed by atoms with E-state index in [1.54, 1.807) is 12.0 Å². The van der Waals surface area contributed by atoms with Crippen molar-refractivity contribution in [2.45, 2.75) is 25.4 Å². The Bertz CT molecular complexity index is 802. The van der Waals surface area contributed by atoms with Gasteiger partial charge in [0, 0.05) is 18.7 Å². The van der Waals surface area contributed by atoms with E-state index in [1.807, 2.05) is 30.3 Å². The number of amides is 1. The highest BCUT2D eigenvalue weighted by Crippen LogP contribution is 2.30. The third-order valence-corrected chi connectivity index (χ3v) is 5.25. The highest BCUT2D eigenvalue weighted by Gasteiger charge is 2.30. The number of carbonyl (C=O) groups excluding carboxylic acids is 1. The predicted octanol–water partition coefficient (Wildman–Crippen LogP) is 1.83. The SMILES string of the molecule is COc1ccc2c(c1)CN(c1ccc(N(C)C3CCNCC3)nn1)C2=O. The first-order valence-corrected chi connectivity index (χ1v) is 8.93. The van der Waals surface area contributed by atoms with Crippen LogP contribution >= 0.6 is 0 Å². The Morgan fingerprint density at radius 3 is 2.69 bits per heavy atom. The number of fused-ring (bicyclic) bond motifs is 1. The molecule has 3 heterocycles. The van der Waals surface area contributed by atoms with Gasteiger partial charge in [-0.05, 0) is 61.8 Å². The molecule has 7 heteroatoms. The standard InChI is InChI=1S/C19H23N5O2/c1-23(14-7-9-20-10-8-14)17-5-6-18(22-21-17)24-12-13-11-15(26-2)3-4-16(13)19(24)25/h3-6,11,14,20H,7-10,12H2,1-2H3. The Morgan fingerprint density at radius 2 is 2.00 bits per heavy atom. The van der Waals surface area contributed by atoms with Gasteiger partial charge >= 0.3 is 0 Å². The summed E-state index contributed by atoms with van der Waals surface area (Å²) in [5.41, 5.74) is 1.65. The van der Waals surface area contributed by atoms with Gasteiger partial charge in [0.2, 0.25) is 0 Å². The van der Waals surface area contributed by atoms with Crippen LogP contribution in [0.15, 0.2) is 30.3 Å². The van der Waals surface area contributed by atoms with E-state index >= 15 is 0 Å². The molecule has 1 aromatic carbocycles. The van der Waals surface area contributed by atoms with Crippen molar-refractivity contribution in [2.24, 2.45) is 0 Å². The Morgan fingerprint density at radius 1 is 1.19 bits per heavy atom. The highest BCUT2D eigenvalue weighted by atomic mass is 16.5. The van der Waals surface area contributed by atoms with E-state index in [9.17, 15) is 4.79 Å². The first-order chi connectivity index (χ1) is 12.7. The molecule has 2 aliphatic rings. The number of methoxy groups -OCH3 is 1. The molecule has 2 aliphatic heterocycles. The third kappa shape index (κ3) is 2.99. The average Bonchev–Trinajstić information content (AvgIpc) is 3.04. The third-order valence-electron chi connectivity index (χ3n) is 5.25. The zero-order chi connectivity index (χ0) is 18.1. The number of nitrogens with zero attached hydrogens (tertiary/aromatic N) is 4. The van der Waals surface area contributed by atoms with Crippen molar-refractivity contribution in [3.05, 3.63) is 41.5 Å². The minimum Gasteiger partial charge on any atom is -0.497 e. The van der Waals surface area contributed by atoms with Gasteiger partial charge in [-0.3, -0.25) is 9.69 Å². The van der Waals surface area contributed by atoms with Crippen LogP contribution in [0.2, 0.25) is 0 Å². The van der Waals surface area contributed by atoms with E-state index < -0.39 is 0 Å². The second-order valence-corrected chi connectivity index (χ2v) is 6.76. The van der Waals surface area contributed by atoms with Gasteiger partial charge in [0.25, 0.3) is 5.91 Å². The quantitative estimate of drug-likeness (QED) is 0.904. The van der Waals surface area contributed by atoms with Crippen LogP contribution in [0.5, 0.6) is 5.75 Å². The minimum absolute atomic E-state index is 0.0450. The molecule has 0 atom stereocenters. The van der Waals surface area contributed by atoms with Gasteiger partial charge in [-0.1, -0.05) is 0 Å². The van der Waals surface area contributed by atoms with E-state index in [-0.39, 0.29) is 5.91 Å². The summed E-state index contributed by atoms with van der Waals surface area (Å²) in [4.78, 5) is 16.5. The van der Waals surface area contributed by atoms with Crippen molar-refractivity contribution in [3.63, 3.8) is 0 Å². The molecule has 136 valence electrons. The molecular weight excluding hydrogens is 330 g/mol. The van der Waals surface area contributed by atoms with Gasteiger partial charge in [-0.15, -0.1) is 10.2 Å². The number of aromatic nitrogens is 2. The molecule has 1 fully saturated rings. The summed E-state index contributed by atoms with van der Waals surface area (Å²) in [6, 6.07) is 9.82. The molecule has 7 nitrogen and oxygen atoms in total. The molecule has 1 saturated heterocycles. The van der Waals surface area contributed by atoms with Crippen LogP contribution < -0.4 is 19.9 Å². The monoisotopic (exact) mass is 353 g/mol. The molecule has 2 aromatic rings. The summed E-state index contributed by atoms with van der Waals surface area (Å²) in [6.07, 6.45) is 2.20. The number of hydrogen-bond donors (Lipinski definition) is 1. The Labute approximate surface area is 153 Å². The fraction of sp³-hybridized carbons (Fsp3) is 0.421. The van der Waals surface area contributed by atoms with Gasteiger partial charge in [0.15, 0.2) is 11.6 Å². The van der Waals surface area contributed by atoms with E-state index in [1.165, 1.54) is 0 Å². The summed E-state index contributed by atoms with van der Waals surface area (Å²) < 4.78 is 5.25. The Hall–Kier alpha value is -2.67. The molecule has 0 spiro atoms. The maximum atomic E-state index is 12.7. The first kappa shape index (κ1) is 16.8. The number of anilines is 2. The normalized spacial score (nSPS) is 17.3. The van der Waals surface area contributed by atoms with Crippen molar-refractivity contribution in [1.82, 2.24) is 15.5 Å². The summed E-state index contributed by atoms with van der Waals surface area (Å²) in [7, 11) is 3.68.